The summed E-state index contributed by atoms with van der Waals surface area (Å²) in [5, 5.41) is 30.7. The molecule has 10 nitrogen and oxygen atoms in total. The zero-order valence-corrected chi connectivity index (χ0v) is 20.8. The van der Waals surface area contributed by atoms with Gasteiger partial charge in [0.05, 0.1) is 27.9 Å². The highest BCUT2D eigenvalue weighted by Gasteiger charge is 2.39. The van der Waals surface area contributed by atoms with Crippen molar-refractivity contribution in [3.05, 3.63) is 46.5 Å². The van der Waals surface area contributed by atoms with Crippen LogP contribution in [0.3, 0.4) is 0 Å². The van der Waals surface area contributed by atoms with Gasteiger partial charge in [-0.05, 0) is 44.5 Å². The van der Waals surface area contributed by atoms with E-state index in [1.807, 2.05) is 39.0 Å². The molecule has 2 aromatic rings. The normalized spacial score (nSPS) is 12.4. The fourth-order valence-corrected chi connectivity index (χ4v) is 4.04. The van der Waals surface area contributed by atoms with Crippen molar-refractivity contribution in [2.24, 2.45) is 10.2 Å². The first-order valence-corrected chi connectivity index (χ1v) is 11.8. The average molecular weight is 486 g/mol. The van der Waals surface area contributed by atoms with Crippen LogP contribution in [0.25, 0.3) is 0 Å². The number of nitriles is 2. The summed E-state index contributed by atoms with van der Waals surface area (Å²) in [7, 11) is 0. The van der Waals surface area contributed by atoms with E-state index in [0.717, 1.165) is 30.1 Å². The second-order valence-corrected chi connectivity index (χ2v) is 8.16. The molecule has 1 aliphatic rings. The van der Waals surface area contributed by atoms with E-state index in [2.05, 4.69) is 20.4 Å². The first-order chi connectivity index (χ1) is 17.3. The highest BCUT2D eigenvalue weighted by Crippen LogP contribution is 2.37. The Morgan fingerprint density at radius 1 is 1.06 bits per heavy atom. The molecule has 0 atom stereocenters. The minimum atomic E-state index is -0.580. The second kappa shape index (κ2) is 11.2. The van der Waals surface area contributed by atoms with Crippen LogP contribution in [0.15, 0.2) is 34.5 Å². The number of nitrogens with zero attached hydrogens (tertiary/aromatic N) is 6. The zero-order chi connectivity index (χ0) is 26.4. The van der Waals surface area contributed by atoms with Gasteiger partial charge in [0.1, 0.15) is 23.5 Å². The predicted octanol–water partition coefficient (Wildman–Crippen LogP) is 5.05. The number of nitrogens with one attached hydrogen (secondary N) is 1. The molecule has 1 N–H and O–H groups in total. The molecule has 184 valence electrons. The van der Waals surface area contributed by atoms with E-state index in [1.54, 1.807) is 12.1 Å². The number of anilines is 2. The number of amides is 3. The van der Waals surface area contributed by atoms with E-state index >= 15 is 0 Å². The van der Waals surface area contributed by atoms with Gasteiger partial charge in [-0.25, -0.2) is 0 Å². The van der Waals surface area contributed by atoms with E-state index in [1.165, 1.54) is 13.0 Å². The average Bonchev–Trinajstić information content (AvgIpc) is 3.10. The molecule has 2 aromatic carbocycles. The van der Waals surface area contributed by atoms with Crippen molar-refractivity contribution in [1.29, 1.82) is 10.5 Å². The molecule has 0 unspecified atom stereocenters. The van der Waals surface area contributed by atoms with Crippen LogP contribution in [0.4, 0.5) is 22.7 Å². The van der Waals surface area contributed by atoms with Gasteiger partial charge in [-0.3, -0.25) is 19.3 Å². The lowest BCUT2D eigenvalue weighted by Gasteiger charge is -2.22. The van der Waals surface area contributed by atoms with Crippen molar-refractivity contribution in [1.82, 2.24) is 4.90 Å². The monoisotopic (exact) mass is 485 g/mol. The third-order valence-corrected chi connectivity index (χ3v) is 5.88. The third kappa shape index (κ3) is 4.93. The molecule has 0 bridgehead atoms. The highest BCUT2D eigenvalue weighted by atomic mass is 16.2. The molecule has 0 spiro atoms. The molecular weight excluding hydrogens is 458 g/mol. The van der Waals surface area contributed by atoms with E-state index in [-0.39, 0.29) is 40.4 Å². The van der Waals surface area contributed by atoms with Crippen LogP contribution in [0.5, 0.6) is 0 Å². The standard InChI is InChI=1S/C26H27N7O3/c1-5-8-11-33-25(35)19-12-17(14-27)24(20(15-28)23(19)26(33)36)31-30-21-10-9-18(32(6-2)7-3)13-22(21)29-16(4)34/h9-10,12-13H,5-8,11H2,1-4H3,(H,29,34). The van der Waals surface area contributed by atoms with Crippen molar-refractivity contribution in [2.45, 2.75) is 40.5 Å². The molecule has 0 saturated carbocycles. The Balaban J connectivity index is 2.12. The van der Waals surface area contributed by atoms with E-state index in [0.29, 0.717) is 17.8 Å². The number of fused-ring (bicyclic) bond motifs is 1. The number of unbranched alkanes of at least 4 members (excludes halogenated alkanes) is 1. The topological polar surface area (TPSA) is 142 Å². The summed E-state index contributed by atoms with van der Waals surface area (Å²) in [4.78, 5) is 40.8. The van der Waals surface area contributed by atoms with Crippen LogP contribution >= 0.6 is 0 Å². The van der Waals surface area contributed by atoms with E-state index < -0.39 is 11.8 Å². The number of benzene rings is 2. The molecule has 0 saturated heterocycles. The highest BCUT2D eigenvalue weighted by molar-refractivity contribution is 6.23. The Bertz CT molecular complexity index is 1330. The van der Waals surface area contributed by atoms with Gasteiger partial charge in [-0.15, -0.1) is 10.2 Å². The summed E-state index contributed by atoms with van der Waals surface area (Å²) >= 11 is 0. The minimum absolute atomic E-state index is 0.0191. The maximum atomic E-state index is 13.0. The smallest absolute Gasteiger partial charge is 0.262 e. The maximum Gasteiger partial charge on any atom is 0.262 e. The number of hydrogen-bond acceptors (Lipinski definition) is 8. The summed E-state index contributed by atoms with van der Waals surface area (Å²) in [6.07, 6.45) is 1.41. The molecule has 0 radical (unpaired) electrons. The Kier molecular flexibility index (Phi) is 8.13. The van der Waals surface area contributed by atoms with E-state index in [9.17, 15) is 24.9 Å². The molecule has 10 heteroatoms. The van der Waals surface area contributed by atoms with Gasteiger partial charge in [0.15, 0.2) is 0 Å². The Morgan fingerprint density at radius 2 is 1.78 bits per heavy atom. The molecule has 1 heterocycles. The van der Waals surface area contributed by atoms with E-state index in [4.69, 9.17) is 0 Å². The Labute approximate surface area is 209 Å². The largest absolute Gasteiger partial charge is 0.372 e. The van der Waals surface area contributed by atoms with Crippen molar-refractivity contribution in [3.8, 4) is 12.1 Å². The summed E-state index contributed by atoms with van der Waals surface area (Å²) in [6, 6.07) is 10.5. The lowest BCUT2D eigenvalue weighted by atomic mass is 9.97. The molecule has 3 amide bonds. The van der Waals surface area contributed by atoms with Crippen molar-refractivity contribution in [3.63, 3.8) is 0 Å². The first-order valence-electron chi connectivity index (χ1n) is 11.8. The third-order valence-electron chi connectivity index (χ3n) is 5.88. The number of rotatable bonds is 9. The SMILES string of the molecule is CCCCN1C(=O)c2cc(C#N)c(N=Nc3ccc(N(CC)CC)cc3NC(C)=O)c(C#N)c2C1=O. The Hall–Kier alpha value is -4.57. The summed E-state index contributed by atoms with van der Waals surface area (Å²) in [5.41, 5.74) is 1.23. The maximum absolute atomic E-state index is 13.0. The summed E-state index contributed by atoms with van der Waals surface area (Å²) in [6.45, 7) is 9.12. The zero-order valence-electron chi connectivity index (χ0n) is 20.8. The number of carbonyl (C=O) groups excluding carboxylic acids is 3. The van der Waals surface area contributed by atoms with Crippen molar-refractivity contribution in [2.75, 3.05) is 29.9 Å². The van der Waals surface area contributed by atoms with Gasteiger partial charge in [-0.1, -0.05) is 13.3 Å². The molecule has 3 rings (SSSR count). The number of hydrogen-bond donors (Lipinski definition) is 1. The summed E-state index contributed by atoms with van der Waals surface area (Å²) < 4.78 is 0. The van der Waals surface area contributed by atoms with Crippen LogP contribution in [0.1, 0.15) is 72.4 Å². The van der Waals surface area contributed by atoms with Gasteiger partial charge in [0.25, 0.3) is 11.8 Å². The summed E-state index contributed by atoms with van der Waals surface area (Å²) in [5.74, 6) is -1.41. The molecule has 36 heavy (non-hydrogen) atoms. The number of carbonyl (C=O) groups is 3. The van der Waals surface area contributed by atoms with Gasteiger partial charge >= 0.3 is 0 Å². The molecule has 0 aromatic heterocycles. The van der Waals surface area contributed by atoms with Gasteiger partial charge < -0.3 is 10.2 Å². The van der Waals surface area contributed by atoms with Crippen LogP contribution < -0.4 is 10.2 Å². The predicted molar refractivity (Wildman–Crippen MR) is 135 cm³/mol. The van der Waals surface area contributed by atoms with Crippen LogP contribution in [0, 0.1) is 22.7 Å². The van der Waals surface area contributed by atoms with Gasteiger partial charge in [0, 0.05) is 32.2 Å². The number of imide groups is 1. The van der Waals surface area contributed by atoms with Crippen LogP contribution in [-0.2, 0) is 4.79 Å². The molecule has 0 aliphatic carbocycles. The van der Waals surface area contributed by atoms with Crippen LogP contribution in [0.2, 0.25) is 0 Å². The second-order valence-electron chi connectivity index (χ2n) is 8.16. The lowest BCUT2D eigenvalue weighted by molar-refractivity contribution is -0.114. The quantitative estimate of drug-likeness (QED) is 0.389. The fraction of sp³-hybridized carbons (Fsp3) is 0.346. The fourth-order valence-electron chi connectivity index (χ4n) is 4.04. The molecular formula is C26H27N7O3. The lowest BCUT2D eigenvalue weighted by Crippen LogP contribution is -2.30. The Morgan fingerprint density at radius 3 is 2.36 bits per heavy atom. The van der Waals surface area contributed by atoms with Crippen molar-refractivity contribution >= 4 is 40.5 Å². The molecule has 1 aliphatic heterocycles. The van der Waals surface area contributed by atoms with Crippen LogP contribution in [-0.4, -0.2) is 42.3 Å². The first kappa shape index (κ1) is 26.0. The van der Waals surface area contributed by atoms with Gasteiger partial charge in [-0.2, -0.15) is 10.5 Å². The van der Waals surface area contributed by atoms with Crippen molar-refractivity contribution < 1.29 is 14.4 Å². The minimum Gasteiger partial charge on any atom is -0.372 e. The molecule has 0 fully saturated rings. The van der Waals surface area contributed by atoms with Gasteiger partial charge in [0.2, 0.25) is 5.91 Å². The number of azo groups is 1.